The molecule has 21 heavy (non-hydrogen) atoms. The fourth-order valence-corrected chi connectivity index (χ4v) is 1.82. The summed E-state index contributed by atoms with van der Waals surface area (Å²) in [7, 11) is 0. The maximum Gasteiger partial charge on any atom is 0.336 e. The van der Waals surface area contributed by atoms with Gasteiger partial charge in [-0.1, -0.05) is 19.3 Å². The Bertz CT molecular complexity index is 361. The molecule has 0 unspecified atom stereocenters. The van der Waals surface area contributed by atoms with Gasteiger partial charge in [-0.05, 0) is 19.4 Å². The number of hydrogen-bond acceptors (Lipinski definition) is 5. The molecule has 0 aromatic carbocycles. The minimum Gasteiger partial charge on any atom is -0.481 e. The Morgan fingerprint density at radius 1 is 0.952 bits per heavy atom. The number of carboxylic acid groups (broad SMARTS) is 2. The molecule has 1 amide bonds. The number of unbranched alkanes of at least 4 members (excludes halogenated alkanes) is 4. The van der Waals surface area contributed by atoms with Gasteiger partial charge in [-0.2, -0.15) is 0 Å². The van der Waals surface area contributed by atoms with Crippen LogP contribution in [0.3, 0.4) is 0 Å². The zero-order valence-corrected chi connectivity index (χ0v) is 12.0. The number of amides is 1. The number of rotatable bonds is 12. The van der Waals surface area contributed by atoms with E-state index < -0.39 is 36.3 Å². The normalized spacial score (nSPS) is 13.4. The van der Waals surface area contributed by atoms with Crippen LogP contribution in [0.25, 0.3) is 0 Å². The molecule has 6 N–H and O–H groups in total. The molecule has 8 nitrogen and oxygen atoms in total. The Balaban J connectivity index is 4.00. The molecule has 8 heteroatoms. The van der Waals surface area contributed by atoms with Crippen LogP contribution >= 0.6 is 0 Å². The Labute approximate surface area is 123 Å². The molecule has 0 radical (unpaired) electrons. The smallest absolute Gasteiger partial charge is 0.336 e. The van der Waals surface area contributed by atoms with Crippen LogP contribution in [-0.2, 0) is 14.4 Å². The highest BCUT2D eigenvalue weighted by atomic mass is 16.4. The summed E-state index contributed by atoms with van der Waals surface area (Å²) in [5.74, 6) is -3.88. The molecule has 0 fully saturated rings. The highest BCUT2D eigenvalue weighted by molar-refractivity contribution is 5.90. The lowest BCUT2D eigenvalue weighted by Crippen LogP contribution is -2.45. The maximum absolute atomic E-state index is 11.5. The van der Waals surface area contributed by atoms with Crippen molar-refractivity contribution >= 4 is 17.8 Å². The van der Waals surface area contributed by atoms with Gasteiger partial charge in [0.1, 0.15) is 0 Å². The molecule has 122 valence electrons. The van der Waals surface area contributed by atoms with E-state index in [-0.39, 0.29) is 0 Å². The second kappa shape index (κ2) is 10.1. The molecular weight excluding hydrogens is 280 g/mol. The predicted octanol–water partition coefficient (Wildman–Crippen LogP) is -0.308. The third kappa shape index (κ3) is 8.98. The van der Waals surface area contributed by atoms with Gasteiger partial charge in [0.05, 0.1) is 12.8 Å². The van der Waals surface area contributed by atoms with Crippen molar-refractivity contribution in [1.82, 2.24) is 5.32 Å². The zero-order valence-electron chi connectivity index (χ0n) is 12.0. The first-order valence-electron chi connectivity index (χ1n) is 6.96. The molecule has 1 atom stereocenters. The summed E-state index contributed by atoms with van der Waals surface area (Å²) in [5.41, 5.74) is 2.78. The van der Waals surface area contributed by atoms with Crippen molar-refractivity contribution in [3.05, 3.63) is 0 Å². The minimum atomic E-state index is -2.57. The zero-order chi connectivity index (χ0) is 16.3. The number of carbonyl (C=O) groups is 3. The van der Waals surface area contributed by atoms with Crippen molar-refractivity contribution in [3.63, 3.8) is 0 Å². The molecule has 0 bridgehead atoms. The van der Waals surface area contributed by atoms with Crippen molar-refractivity contribution in [2.75, 3.05) is 13.1 Å². The molecule has 0 saturated carbocycles. The van der Waals surface area contributed by atoms with E-state index in [9.17, 15) is 19.5 Å². The van der Waals surface area contributed by atoms with Gasteiger partial charge in [-0.25, -0.2) is 4.79 Å². The largest absolute Gasteiger partial charge is 0.481 e. The average molecular weight is 304 g/mol. The van der Waals surface area contributed by atoms with Gasteiger partial charge in [0, 0.05) is 6.54 Å². The monoisotopic (exact) mass is 304 g/mol. The first kappa shape index (κ1) is 19.3. The van der Waals surface area contributed by atoms with E-state index >= 15 is 0 Å². The molecule has 0 aromatic heterocycles. The van der Waals surface area contributed by atoms with E-state index in [1.807, 2.05) is 0 Å². The topological polar surface area (TPSA) is 150 Å². The van der Waals surface area contributed by atoms with Gasteiger partial charge < -0.3 is 26.4 Å². The molecule has 0 aliphatic rings. The van der Waals surface area contributed by atoms with Gasteiger partial charge in [0.15, 0.2) is 5.60 Å². The minimum absolute atomic E-state index is 0.365. The molecule has 0 aliphatic heterocycles. The number of aliphatic carboxylic acids is 2. The Morgan fingerprint density at radius 2 is 1.52 bits per heavy atom. The summed E-state index contributed by atoms with van der Waals surface area (Å²) in [6.07, 6.45) is 2.86. The van der Waals surface area contributed by atoms with Gasteiger partial charge in [0.2, 0.25) is 5.91 Å². The standard InChI is InChI=1S/C13H24N2O6/c14-6-4-2-1-3-5-7-15-10(16)8-13(21,12(19)20)9-11(17)18/h21H,1-9,14H2,(H,15,16)(H,17,18)(H,19,20)/t13-/m0/s1. The van der Waals surface area contributed by atoms with Crippen LogP contribution in [0.2, 0.25) is 0 Å². The summed E-state index contributed by atoms with van der Waals surface area (Å²) in [6.45, 7) is 1.03. The number of nitrogens with two attached hydrogens (primary N) is 1. The lowest BCUT2D eigenvalue weighted by atomic mass is 9.95. The summed E-state index contributed by atoms with van der Waals surface area (Å²) >= 11 is 0. The van der Waals surface area contributed by atoms with E-state index in [0.717, 1.165) is 32.1 Å². The molecular formula is C13H24N2O6. The fraction of sp³-hybridized carbons (Fsp3) is 0.769. The molecule has 0 rings (SSSR count). The van der Waals surface area contributed by atoms with E-state index in [1.54, 1.807) is 0 Å². The lowest BCUT2D eigenvalue weighted by molar-refractivity contribution is -0.167. The first-order chi connectivity index (χ1) is 9.81. The van der Waals surface area contributed by atoms with Gasteiger partial charge >= 0.3 is 11.9 Å². The van der Waals surface area contributed by atoms with E-state index in [1.165, 1.54) is 0 Å². The third-order valence-electron chi connectivity index (χ3n) is 3.00. The van der Waals surface area contributed by atoms with Gasteiger partial charge in [-0.3, -0.25) is 9.59 Å². The Morgan fingerprint density at radius 3 is 2.05 bits per heavy atom. The van der Waals surface area contributed by atoms with Crippen LogP contribution in [0, 0.1) is 0 Å². The van der Waals surface area contributed by atoms with E-state index in [2.05, 4.69) is 5.32 Å². The molecule has 0 aromatic rings. The second-order valence-corrected chi connectivity index (χ2v) is 4.99. The van der Waals surface area contributed by atoms with Crippen LogP contribution in [-0.4, -0.2) is 51.9 Å². The van der Waals surface area contributed by atoms with Gasteiger partial charge in [-0.15, -0.1) is 0 Å². The van der Waals surface area contributed by atoms with Crippen LogP contribution < -0.4 is 11.1 Å². The molecule has 0 saturated heterocycles. The van der Waals surface area contributed by atoms with Crippen LogP contribution in [0.4, 0.5) is 0 Å². The quantitative estimate of drug-likeness (QED) is 0.310. The lowest BCUT2D eigenvalue weighted by Gasteiger charge is -2.20. The van der Waals surface area contributed by atoms with Crippen molar-refractivity contribution < 1.29 is 29.7 Å². The number of carbonyl (C=O) groups excluding carboxylic acids is 1. The predicted molar refractivity (Wildman–Crippen MR) is 74.6 cm³/mol. The molecule has 0 spiro atoms. The third-order valence-corrected chi connectivity index (χ3v) is 3.00. The van der Waals surface area contributed by atoms with Crippen molar-refractivity contribution in [3.8, 4) is 0 Å². The van der Waals surface area contributed by atoms with E-state index in [4.69, 9.17) is 15.9 Å². The maximum atomic E-state index is 11.5. The highest BCUT2D eigenvalue weighted by Crippen LogP contribution is 2.16. The highest BCUT2D eigenvalue weighted by Gasteiger charge is 2.40. The Hall–Kier alpha value is -1.67. The van der Waals surface area contributed by atoms with Crippen molar-refractivity contribution in [2.24, 2.45) is 5.73 Å². The molecule has 0 aliphatic carbocycles. The average Bonchev–Trinajstić information content (AvgIpc) is 2.36. The van der Waals surface area contributed by atoms with Crippen LogP contribution in [0.5, 0.6) is 0 Å². The summed E-state index contributed by atoms with van der Waals surface area (Å²) < 4.78 is 0. The van der Waals surface area contributed by atoms with Gasteiger partial charge in [0.25, 0.3) is 0 Å². The number of hydrogen-bond donors (Lipinski definition) is 5. The first-order valence-corrected chi connectivity index (χ1v) is 6.96. The number of carboxylic acids is 2. The Kier molecular flexibility index (Phi) is 9.31. The summed E-state index contributed by atoms with van der Waals surface area (Å²) in [6, 6.07) is 0. The number of nitrogens with one attached hydrogen (secondary N) is 1. The van der Waals surface area contributed by atoms with Crippen LogP contribution in [0.1, 0.15) is 44.9 Å². The van der Waals surface area contributed by atoms with E-state index in [0.29, 0.717) is 13.1 Å². The van der Waals surface area contributed by atoms with Crippen molar-refractivity contribution in [2.45, 2.75) is 50.5 Å². The van der Waals surface area contributed by atoms with Crippen molar-refractivity contribution in [1.29, 1.82) is 0 Å². The molecule has 0 heterocycles. The van der Waals surface area contributed by atoms with Crippen LogP contribution in [0.15, 0.2) is 0 Å². The fourth-order valence-electron chi connectivity index (χ4n) is 1.82. The summed E-state index contributed by atoms with van der Waals surface area (Å²) in [4.78, 5) is 32.9. The SMILES string of the molecule is NCCCCCCCNC(=O)C[C@](O)(CC(=O)O)C(=O)O. The number of aliphatic hydroxyl groups is 1. The summed E-state index contributed by atoms with van der Waals surface area (Å²) in [5, 5.41) is 29.5. The second-order valence-electron chi connectivity index (χ2n) is 4.99.